The summed E-state index contributed by atoms with van der Waals surface area (Å²) in [5, 5.41) is 7.44. The Morgan fingerprint density at radius 2 is 2.00 bits per heavy atom. The van der Waals surface area contributed by atoms with Gasteiger partial charge < -0.3 is 14.7 Å². The SMILES string of the molecule is Cc1cc(NC2CCN(CCc3cc(C)no3)CC2)ncn1. The lowest BCUT2D eigenvalue weighted by molar-refractivity contribution is 0.215. The minimum atomic E-state index is 0.498. The van der Waals surface area contributed by atoms with Gasteiger partial charge in [0.25, 0.3) is 0 Å². The molecule has 1 aliphatic heterocycles. The first kappa shape index (κ1) is 15.0. The van der Waals surface area contributed by atoms with Gasteiger partial charge in [-0.3, -0.25) is 0 Å². The number of aryl methyl sites for hydroxylation is 2. The third-order valence-corrected chi connectivity index (χ3v) is 4.09. The van der Waals surface area contributed by atoms with Gasteiger partial charge in [-0.1, -0.05) is 5.16 Å². The number of nitrogens with zero attached hydrogens (tertiary/aromatic N) is 4. The van der Waals surface area contributed by atoms with E-state index in [0.29, 0.717) is 6.04 Å². The van der Waals surface area contributed by atoms with Crippen molar-refractivity contribution >= 4 is 5.82 Å². The molecule has 0 aromatic carbocycles. The quantitative estimate of drug-likeness (QED) is 0.913. The van der Waals surface area contributed by atoms with Crippen molar-refractivity contribution in [1.82, 2.24) is 20.0 Å². The van der Waals surface area contributed by atoms with Crippen LogP contribution in [-0.2, 0) is 6.42 Å². The standard InChI is InChI=1S/C16H23N5O/c1-12-10-16(18-11-17-12)19-14-3-6-21(7-4-14)8-5-15-9-13(2)20-22-15/h9-11,14H,3-8H2,1-2H3,(H,17,18,19). The highest BCUT2D eigenvalue weighted by Gasteiger charge is 2.19. The van der Waals surface area contributed by atoms with Crippen LogP contribution in [-0.4, -0.2) is 45.7 Å². The number of hydrogen-bond donors (Lipinski definition) is 1. The zero-order valence-electron chi connectivity index (χ0n) is 13.2. The maximum absolute atomic E-state index is 5.26. The Labute approximate surface area is 130 Å². The molecule has 22 heavy (non-hydrogen) atoms. The summed E-state index contributed by atoms with van der Waals surface area (Å²) in [5.74, 6) is 1.91. The van der Waals surface area contributed by atoms with Crippen molar-refractivity contribution in [2.45, 2.75) is 39.2 Å². The fourth-order valence-electron chi connectivity index (χ4n) is 2.85. The molecule has 0 atom stereocenters. The molecule has 0 aliphatic carbocycles. The van der Waals surface area contributed by atoms with Crippen molar-refractivity contribution < 1.29 is 4.52 Å². The summed E-state index contributed by atoms with van der Waals surface area (Å²) in [6, 6.07) is 4.52. The minimum absolute atomic E-state index is 0.498. The largest absolute Gasteiger partial charge is 0.367 e. The van der Waals surface area contributed by atoms with E-state index in [9.17, 15) is 0 Å². The number of anilines is 1. The van der Waals surface area contributed by atoms with Gasteiger partial charge in [-0.25, -0.2) is 9.97 Å². The molecule has 118 valence electrons. The van der Waals surface area contributed by atoms with Gasteiger partial charge in [0, 0.05) is 49.9 Å². The lowest BCUT2D eigenvalue weighted by Crippen LogP contribution is -2.40. The highest BCUT2D eigenvalue weighted by molar-refractivity contribution is 5.35. The van der Waals surface area contributed by atoms with E-state index in [2.05, 4.69) is 25.3 Å². The molecule has 6 nitrogen and oxygen atoms in total. The molecule has 0 unspecified atom stereocenters. The molecule has 2 aromatic rings. The van der Waals surface area contributed by atoms with Crippen LogP contribution in [0.4, 0.5) is 5.82 Å². The van der Waals surface area contributed by atoms with Crippen LogP contribution in [0.1, 0.15) is 30.0 Å². The number of aromatic nitrogens is 3. The molecule has 0 saturated carbocycles. The first-order chi connectivity index (χ1) is 10.7. The van der Waals surface area contributed by atoms with Gasteiger partial charge in [-0.15, -0.1) is 0 Å². The number of hydrogen-bond acceptors (Lipinski definition) is 6. The Kier molecular flexibility index (Phi) is 4.68. The van der Waals surface area contributed by atoms with E-state index in [4.69, 9.17) is 4.52 Å². The maximum atomic E-state index is 5.26. The first-order valence-electron chi connectivity index (χ1n) is 7.89. The zero-order chi connectivity index (χ0) is 15.4. The second-order valence-corrected chi connectivity index (χ2v) is 5.99. The summed E-state index contributed by atoms with van der Waals surface area (Å²) in [6.07, 6.45) is 4.83. The number of nitrogens with one attached hydrogen (secondary N) is 1. The molecular weight excluding hydrogens is 278 g/mol. The van der Waals surface area contributed by atoms with Crippen molar-refractivity contribution in [2.24, 2.45) is 0 Å². The monoisotopic (exact) mass is 301 g/mol. The lowest BCUT2D eigenvalue weighted by atomic mass is 10.0. The van der Waals surface area contributed by atoms with E-state index in [0.717, 1.165) is 61.9 Å². The third-order valence-electron chi connectivity index (χ3n) is 4.09. The second kappa shape index (κ2) is 6.87. The summed E-state index contributed by atoms with van der Waals surface area (Å²) >= 11 is 0. The summed E-state index contributed by atoms with van der Waals surface area (Å²) in [6.45, 7) is 7.19. The second-order valence-electron chi connectivity index (χ2n) is 5.99. The fraction of sp³-hybridized carbons (Fsp3) is 0.562. The van der Waals surface area contributed by atoms with Crippen LogP contribution in [0.15, 0.2) is 23.0 Å². The molecule has 0 amide bonds. The molecule has 3 heterocycles. The molecule has 0 bridgehead atoms. The average molecular weight is 301 g/mol. The summed E-state index contributed by atoms with van der Waals surface area (Å²) in [7, 11) is 0. The van der Waals surface area contributed by atoms with E-state index >= 15 is 0 Å². The van der Waals surface area contributed by atoms with Crippen LogP contribution in [0, 0.1) is 13.8 Å². The lowest BCUT2D eigenvalue weighted by Gasteiger charge is -2.32. The molecule has 3 rings (SSSR count). The molecule has 0 radical (unpaired) electrons. The van der Waals surface area contributed by atoms with Gasteiger partial charge in [0.1, 0.15) is 17.9 Å². The predicted octanol–water partition coefficient (Wildman–Crippen LogP) is 2.20. The first-order valence-corrected chi connectivity index (χ1v) is 7.89. The highest BCUT2D eigenvalue weighted by Crippen LogP contribution is 2.16. The van der Waals surface area contributed by atoms with E-state index in [1.54, 1.807) is 6.33 Å². The molecule has 1 aliphatic rings. The van der Waals surface area contributed by atoms with Crippen molar-refractivity contribution in [3.8, 4) is 0 Å². The van der Waals surface area contributed by atoms with Crippen LogP contribution < -0.4 is 5.32 Å². The van der Waals surface area contributed by atoms with Crippen LogP contribution in [0.2, 0.25) is 0 Å². The highest BCUT2D eigenvalue weighted by atomic mass is 16.5. The number of rotatable bonds is 5. The smallest absolute Gasteiger partial charge is 0.138 e. The van der Waals surface area contributed by atoms with Gasteiger partial charge in [-0.2, -0.15) is 0 Å². The average Bonchev–Trinajstić information content (AvgIpc) is 2.92. The summed E-state index contributed by atoms with van der Waals surface area (Å²) in [4.78, 5) is 10.9. The Balaban J connectivity index is 1.42. The van der Waals surface area contributed by atoms with Gasteiger partial charge in [0.2, 0.25) is 0 Å². The van der Waals surface area contributed by atoms with Gasteiger partial charge in [0.15, 0.2) is 0 Å². The third kappa shape index (κ3) is 4.04. The van der Waals surface area contributed by atoms with E-state index in [1.807, 2.05) is 26.0 Å². The van der Waals surface area contributed by atoms with Crippen LogP contribution >= 0.6 is 0 Å². The van der Waals surface area contributed by atoms with Gasteiger partial charge >= 0.3 is 0 Å². The zero-order valence-corrected chi connectivity index (χ0v) is 13.2. The molecule has 1 N–H and O–H groups in total. The normalized spacial score (nSPS) is 16.8. The Bertz CT molecular complexity index is 604. The molecule has 2 aromatic heterocycles. The van der Waals surface area contributed by atoms with Crippen LogP contribution in [0.25, 0.3) is 0 Å². The molecule has 0 spiro atoms. The van der Waals surface area contributed by atoms with Crippen molar-refractivity contribution in [1.29, 1.82) is 0 Å². The fourth-order valence-corrected chi connectivity index (χ4v) is 2.85. The molecule has 6 heteroatoms. The Morgan fingerprint density at radius 3 is 2.68 bits per heavy atom. The Hall–Kier alpha value is -1.95. The topological polar surface area (TPSA) is 67.1 Å². The summed E-state index contributed by atoms with van der Waals surface area (Å²) < 4.78 is 5.26. The molecule has 1 fully saturated rings. The van der Waals surface area contributed by atoms with E-state index < -0.39 is 0 Å². The van der Waals surface area contributed by atoms with Crippen molar-refractivity contribution in [3.05, 3.63) is 35.6 Å². The minimum Gasteiger partial charge on any atom is -0.367 e. The number of likely N-dealkylation sites (tertiary alicyclic amines) is 1. The van der Waals surface area contributed by atoms with Crippen molar-refractivity contribution in [3.63, 3.8) is 0 Å². The molecular formula is C16H23N5O. The van der Waals surface area contributed by atoms with E-state index in [1.165, 1.54) is 0 Å². The van der Waals surface area contributed by atoms with Gasteiger partial charge in [-0.05, 0) is 26.7 Å². The van der Waals surface area contributed by atoms with Crippen LogP contribution in [0.3, 0.4) is 0 Å². The van der Waals surface area contributed by atoms with E-state index in [-0.39, 0.29) is 0 Å². The predicted molar refractivity (Wildman–Crippen MR) is 84.8 cm³/mol. The summed E-state index contributed by atoms with van der Waals surface area (Å²) in [5.41, 5.74) is 1.95. The molecule has 1 saturated heterocycles. The maximum Gasteiger partial charge on any atom is 0.138 e. The Morgan fingerprint density at radius 1 is 1.18 bits per heavy atom. The van der Waals surface area contributed by atoms with Gasteiger partial charge in [0.05, 0.1) is 5.69 Å². The van der Waals surface area contributed by atoms with Crippen molar-refractivity contribution in [2.75, 3.05) is 25.0 Å². The number of piperidine rings is 1. The van der Waals surface area contributed by atoms with Crippen LogP contribution in [0.5, 0.6) is 0 Å².